The van der Waals surface area contributed by atoms with Crippen LogP contribution in [0.2, 0.25) is 0 Å². The predicted octanol–water partition coefficient (Wildman–Crippen LogP) is 1.94. The molecule has 0 bridgehead atoms. The highest BCUT2D eigenvalue weighted by atomic mass is 79.9. The number of hydrogen-bond acceptors (Lipinski definition) is 3. The van der Waals surface area contributed by atoms with Gasteiger partial charge in [0.05, 0.1) is 17.7 Å². The third kappa shape index (κ3) is 3.91. The summed E-state index contributed by atoms with van der Waals surface area (Å²) in [5.74, 6) is -0.623. The van der Waals surface area contributed by atoms with E-state index in [1.165, 1.54) is 6.07 Å². The largest absolute Gasteiger partial charge is 0.378 e. The molecule has 100 valence electrons. The van der Waals surface area contributed by atoms with Crippen LogP contribution in [0.1, 0.15) is 0 Å². The second-order valence-corrected chi connectivity index (χ2v) is 4.55. The molecule has 1 unspecified atom stereocenters. The molecule has 1 atom stereocenters. The Morgan fingerprint density at radius 3 is 2.94 bits per heavy atom. The second-order valence-electron chi connectivity index (χ2n) is 3.70. The normalized spacial score (nSPS) is 18.9. The number of rotatable bonds is 2. The highest BCUT2D eigenvalue weighted by Crippen LogP contribution is 2.19. The maximum absolute atomic E-state index is 13.2. The summed E-state index contributed by atoms with van der Waals surface area (Å²) in [4.78, 5) is 11.8. The van der Waals surface area contributed by atoms with Gasteiger partial charge in [-0.2, -0.15) is 0 Å². The first-order valence-electron chi connectivity index (χ1n) is 5.24. The molecule has 4 nitrogen and oxygen atoms in total. The molecule has 1 aliphatic heterocycles. The fourth-order valence-corrected chi connectivity index (χ4v) is 1.78. The Morgan fingerprint density at radius 2 is 2.33 bits per heavy atom. The van der Waals surface area contributed by atoms with Crippen molar-refractivity contribution in [2.45, 2.75) is 6.04 Å². The minimum Gasteiger partial charge on any atom is -0.378 e. The second kappa shape index (κ2) is 7.04. The van der Waals surface area contributed by atoms with Crippen molar-refractivity contribution >= 4 is 39.9 Å². The molecular weight excluding hydrogens is 326 g/mol. The van der Waals surface area contributed by atoms with Gasteiger partial charge >= 0.3 is 0 Å². The number of amides is 1. The average Bonchev–Trinajstić information content (AvgIpc) is 2.35. The first-order valence-corrected chi connectivity index (χ1v) is 6.03. The number of morpholine rings is 1. The molecule has 1 aromatic carbocycles. The average molecular weight is 340 g/mol. The van der Waals surface area contributed by atoms with Crippen molar-refractivity contribution in [2.75, 3.05) is 25.1 Å². The Bertz CT molecular complexity index is 428. The van der Waals surface area contributed by atoms with Gasteiger partial charge in [-0.3, -0.25) is 4.79 Å². The molecule has 1 saturated heterocycles. The number of carbonyl (C=O) groups excluding carboxylic acids is 1. The molecule has 7 heteroatoms. The molecule has 1 heterocycles. The highest BCUT2D eigenvalue weighted by molar-refractivity contribution is 9.10. The summed E-state index contributed by atoms with van der Waals surface area (Å²) < 4.78 is 18.8. The molecule has 0 spiro atoms. The van der Waals surface area contributed by atoms with Crippen molar-refractivity contribution < 1.29 is 13.9 Å². The lowest BCUT2D eigenvalue weighted by atomic mass is 10.2. The number of ether oxygens (including phenoxy) is 1. The molecule has 1 fully saturated rings. The molecule has 1 aliphatic rings. The summed E-state index contributed by atoms with van der Waals surface area (Å²) in [6.07, 6.45) is 0. The third-order valence-corrected chi connectivity index (χ3v) is 3.07. The van der Waals surface area contributed by atoms with Crippen LogP contribution in [0.3, 0.4) is 0 Å². The van der Waals surface area contributed by atoms with Gasteiger partial charge in [0.15, 0.2) is 0 Å². The monoisotopic (exact) mass is 338 g/mol. The molecule has 1 aromatic rings. The lowest BCUT2D eigenvalue weighted by Crippen LogP contribution is -2.48. The Balaban J connectivity index is 0.00000162. The van der Waals surface area contributed by atoms with E-state index < -0.39 is 5.82 Å². The summed E-state index contributed by atoms with van der Waals surface area (Å²) in [5.41, 5.74) is 0.433. The van der Waals surface area contributed by atoms with Gasteiger partial charge in [0.25, 0.3) is 0 Å². The van der Waals surface area contributed by atoms with Gasteiger partial charge in [0, 0.05) is 12.2 Å². The minimum absolute atomic E-state index is 0. The number of halogens is 3. The number of benzene rings is 1. The Labute approximate surface area is 119 Å². The van der Waals surface area contributed by atoms with Crippen LogP contribution >= 0.6 is 28.3 Å². The van der Waals surface area contributed by atoms with Crippen molar-refractivity contribution in [3.05, 3.63) is 28.5 Å². The quantitative estimate of drug-likeness (QED) is 0.866. The van der Waals surface area contributed by atoms with E-state index in [1.54, 1.807) is 12.1 Å². The van der Waals surface area contributed by atoms with Crippen molar-refractivity contribution in [2.24, 2.45) is 0 Å². The smallest absolute Gasteiger partial charge is 0.243 e. The molecular formula is C11H13BrClFN2O2. The molecule has 0 saturated carbocycles. The van der Waals surface area contributed by atoms with Crippen molar-refractivity contribution in [1.82, 2.24) is 5.32 Å². The van der Waals surface area contributed by atoms with Gasteiger partial charge < -0.3 is 15.4 Å². The van der Waals surface area contributed by atoms with Gasteiger partial charge in [0.2, 0.25) is 5.91 Å². The first kappa shape index (κ1) is 15.4. The number of carbonyl (C=O) groups is 1. The third-order valence-electron chi connectivity index (χ3n) is 2.43. The zero-order valence-electron chi connectivity index (χ0n) is 9.41. The van der Waals surface area contributed by atoms with Gasteiger partial charge in [-0.15, -0.1) is 12.4 Å². The maximum Gasteiger partial charge on any atom is 0.243 e. The van der Waals surface area contributed by atoms with E-state index in [2.05, 4.69) is 26.6 Å². The summed E-state index contributed by atoms with van der Waals surface area (Å²) in [7, 11) is 0. The van der Waals surface area contributed by atoms with E-state index in [1.807, 2.05) is 0 Å². The lowest BCUT2D eigenvalue weighted by molar-refractivity contribution is -0.120. The van der Waals surface area contributed by atoms with Crippen LogP contribution in [0.15, 0.2) is 22.7 Å². The molecule has 0 aliphatic carbocycles. The van der Waals surface area contributed by atoms with Crippen LogP contribution in [0, 0.1) is 5.82 Å². The van der Waals surface area contributed by atoms with Gasteiger partial charge in [-0.05, 0) is 34.1 Å². The lowest BCUT2D eigenvalue weighted by Gasteiger charge is -2.22. The summed E-state index contributed by atoms with van der Waals surface area (Å²) in [6, 6.07) is 4.08. The molecule has 18 heavy (non-hydrogen) atoms. The highest BCUT2D eigenvalue weighted by Gasteiger charge is 2.21. The Morgan fingerprint density at radius 1 is 1.56 bits per heavy atom. The molecule has 1 amide bonds. The van der Waals surface area contributed by atoms with Crippen molar-refractivity contribution in [3.63, 3.8) is 0 Å². The van der Waals surface area contributed by atoms with Crippen LogP contribution in [0.5, 0.6) is 0 Å². The van der Waals surface area contributed by atoms with Crippen LogP contribution in [0.25, 0.3) is 0 Å². The van der Waals surface area contributed by atoms with Crippen LogP contribution < -0.4 is 10.6 Å². The summed E-state index contributed by atoms with van der Waals surface area (Å²) in [5, 5.41) is 5.66. The van der Waals surface area contributed by atoms with E-state index in [0.717, 1.165) is 0 Å². The van der Waals surface area contributed by atoms with E-state index in [4.69, 9.17) is 4.74 Å². The van der Waals surface area contributed by atoms with Crippen molar-refractivity contribution in [3.8, 4) is 0 Å². The minimum atomic E-state index is -0.407. The Hall–Kier alpha value is -0.690. The van der Waals surface area contributed by atoms with E-state index in [0.29, 0.717) is 29.9 Å². The molecule has 2 rings (SSSR count). The van der Waals surface area contributed by atoms with E-state index in [9.17, 15) is 9.18 Å². The SMILES string of the molecule is Cl.O=C(Nc1ccc(Br)c(F)c1)C1COCCN1. The number of nitrogens with one attached hydrogen (secondary N) is 2. The molecule has 0 radical (unpaired) electrons. The van der Waals surface area contributed by atoms with Crippen LogP contribution in [-0.2, 0) is 9.53 Å². The standard InChI is InChI=1S/C11H12BrFN2O2.ClH/c12-8-2-1-7(5-9(8)13)15-11(16)10-6-17-4-3-14-10;/h1-2,5,10,14H,3-4,6H2,(H,15,16);1H. The zero-order valence-corrected chi connectivity index (χ0v) is 11.8. The topological polar surface area (TPSA) is 50.4 Å². The van der Waals surface area contributed by atoms with Crippen LogP contribution in [0.4, 0.5) is 10.1 Å². The number of anilines is 1. The van der Waals surface area contributed by atoms with Gasteiger partial charge in [-0.25, -0.2) is 4.39 Å². The maximum atomic E-state index is 13.2. The predicted molar refractivity (Wildman–Crippen MR) is 72.6 cm³/mol. The van der Waals surface area contributed by atoms with Gasteiger partial charge in [0.1, 0.15) is 11.9 Å². The van der Waals surface area contributed by atoms with E-state index in [-0.39, 0.29) is 24.4 Å². The first-order chi connectivity index (χ1) is 8.16. The summed E-state index contributed by atoms with van der Waals surface area (Å²) in [6.45, 7) is 1.59. The zero-order chi connectivity index (χ0) is 12.3. The fourth-order valence-electron chi connectivity index (χ4n) is 1.54. The van der Waals surface area contributed by atoms with Crippen LogP contribution in [-0.4, -0.2) is 31.7 Å². The molecule has 0 aromatic heterocycles. The fraction of sp³-hybridized carbons (Fsp3) is 0.364. The van der Waals surface area contributed by atoms with Gasteiger partial charge in [-0.1, -0.05) is 0 Å². The molecule has 2 N–H and O–H groups in total. The van der Waals surface area contributed by atoms with E-state index >= 15 is 0 Å². The Kier molecular flexibility index (Phi) is 6.01. The van der Waals surface area contributed by atoms with Crippen molar-refractivity contribution in [1.29, 1.82) is 0 Å². The number of hydrogen-bond donors (Lipinski definition) is 2. The summed E-state index contributed by atoms with van der Waals surface area (Å²) >= 11 is 3.05.